The Balaban J connectivity index is 1.88. The lowest BCUT2D eigenvalue weighted by atomic mass is 10.1. The Labute approximate surface area is 111 Å². The largest absolute Gasteiger partial charge is 0.493 e. The van der Waals surface area contributed by atoms with Gasteiger partial charge in [-0.2, -0.15) is 0 Å². The number of ether oxygens (including phenoxy) is 1. The van der Waals surface area contributed by atoms with E-state index in [9.17, 15) is 9.59 Å². The summed E-state index contributed by atoms with van der Waals surface area (Å²) in [5.41, 5.74) is 1.64. The molecule has 1 aliphatic rings. The highest BCUT2D eigenvalue weighted by molar-refractivity contribution is 5.94. The van der Waals surface area contributed by atoms with Gasteiger partial charge in [0.25, 0.3) is 5.91 Å². The van der Waals surface area contributed by atoms with E-state index in [1.807, 2.05) is 6.07 Å². The van der Waals surface area contributed by atoms with E-state index in [0.29, 0.717) is 25.1 Å². The number of hydrogen-bond donors (Lipinski definition) is 2. The Hall–Kier alpha value is -2.04. The molecular formula is C14H17NO4. The quantitative estimate of drug-likeness (QED) is 0.843. The SMILES string of the molecule is CC(CCNC(=O)c1ccc2c(c1)CCO2)C(=O)O. The number of carbonyl (C=O) groups is 2. The first-order valence-corrected chi connectivity index (χ1v) is 6.34. The van der Waals surface area contributed by atoms with Gasteiger partial charge in [-0.25, -0.2) is 0 Å². The fourth-order valence-corrected chi connectivity index (χ4v) is 1.96. The second-order valence-electron chi connectivity index (χ2n) is 4.70. The number of amides is 1. The molecule has 19 heavy (non-hydrogen) atoms. The molecule has 1 unspecified atom stereocenters. The average molecular weight is 263 g/mol. The standard InChI is InChI=1S/C14H17NO4/c1-9(14(17)18)4-6-15-13(16)11-2-3-12-10(8-11)5-7-19-12/h2-3,8-9H,4-7H2,1H3,(H,15,16)(H,17,18). The van der Waals surface area contributed by atoms with Crippen LogP contribution in [0.4, 0.5) is 0 Å². The Morgan fingerprint density at radius 3 is 3.00 bits per heavy atom. The molecule has 0 saturated heterocycles. The van der Waals surface area contributed by atoms with Gasteiger partial charge in [-0.15, -0.1) is 0 Å². The van der Waals surface area contributed by atoms with Gasteiger partial charge in [0.05, 0.1) is 12.5 Å². The highest BCUT2D eigenvalue weighted by Gasteiger charge is 2.15. The van der Waals surface area contributed by atoms with Crippen LogP contribution in [0.5, 0.6) is 5.75 Å². The van der Waals surface area contributed by atoms with Gasteiger partial charge in [-0.05, 0) is 30.2 Å². The van der Waals surface area contributed by atoms with Gasteiger partial charge in [0.15, 0.2) is 0 Å². The number of hydrogen-bond acceptors (Lipinski definition) is 3. The van der Waals surface area contributed by atoms with E-state index in [4.69, 9.17) is 9.84 Å². The molecule has 5 heteroatoms. The van der Waals surface area contributed by atoms with Crippen molar-refractivity contribution in [3.05, 3.63) is 29.3 Å². The van der Waals surface area contributed by atoms with Crippen LogP contribution in [0.1, 0.15) is 29.3 Å². The minimum Gasteiger partial charge on any atom is -0.493 e. The number of fused-ring (bicyclic) bond motifs is 1. The highest BCUT2D eigenvalue weighted by Crippen LogP contribution is 2.25. The molecule has 1 aromatic carbocycles. The van der Waals surface area contributed by atoms with Crippen LogP contribution in [-0.4, -0.2) is 30.1 Å². The van der Waals surface area contributed by atoms with Crippen molar-refractivity contribution >= 4 is 11.9 Å². The maximum absolute atomic E-state index is 11.9. The van der Waals surface area contributed by atoms with E-state index < -0.39 is 11.9 Å². The fraction of sp³-hybridized carbons (Fsp3) is 0.429. The number of carboxylic acid groups (broad SMARTS) is 1. The zero-order chi connectivity index (χ0) is 13.8. The van der Waals surface area contributed by atoms with Gasteiger partial charge in [-0.1, -0.05) is 6.92 Å². The summed E-state index contributed by atoms with van der Waals surface area (Å²) in [6.07, 6.45) is 1.25. The van der Waals surface area contributed by atoms with Crippen molar-refractivity contribution in [1.82, 2.24) is 5.32 Å². The minimum atomic E-state index is -0.844. The molecule has 0 fully saturated rings. The second kappa shape index (κ2) is 5.73. The first-order chi connectivity index (χ1) is 9.08. The monoisotopic (exact) mass is 263 g/mol. The van der Waals surface area contributed by atoms with E-state index in [2.05, 4.69) is 5.32 Å². The van der Waals surface area contributed by atoms with Gasteiger partial charge in [-0.3, -0.25) is 9.59 Å². The maximum Gasteiger partial charge on any atom is 0.306 e. The Kier molecular flexibility index (Phi) is 4.04. The smallest absolute Gasteiger partial charge is 0.306 e. The van der Waals surface area contributed by atoms with Crippen LogP contribution in [0.25, 0.3) is 0 Å². The molecule has 1 heterocycles. The predicted octanol–water partition coefficient (Wildman–Crippen LogP) is 1.46. The molecule has 1 amide bonds. The van der Waals surface area contributed by atoms with Crippen LogP contribution < -0.4 is 10.1 Å². The fourth-order valence-electron chi connectivity index (χ4n) is 1.96. The molecule has 1 atom stereocenters. The second-order valence-corrected chi connectivity index (χ2v) is 4.70. The summed E-state index contributed by atoms with van der Waals surface area (Å²) in [6.45, 7) is 2.65. The molecule has 5 nitrogen and oxygen atoms in total. The van der Waals surface area contributed by atoms with Gasteiger partial charge in [0.2, 0.25) is 0 Å². The third-order valence-electron chi connectivity index (χ3n) is 3.24. The molecule has 0 spiro atoms. The molecule has 0 aromatic heterocycles. The molecule has 0 bridgehead atoms. The van der Waals surface area contributed by atoms with Gasteiger partial charge in [0, 0.05) is 18.5 Å². The van der Waals surface area contributed by atoms with Crippen molar-refractivity contribution in [2.24, 2.45) is 5.92 Å². The zero-order valence-electron chi connectivity index (χ0n) is 10.8. The van der Waals surface area contributed by atoms with Crippen LogP contribution in [-0.2, 0) is 11.2 Å². The van der Waals surface area contributed by atoms with Gasteiger partial charge in [0.1, 0.15) is 5.75 Å². The summed E-state index contributed by atoms with van der Waals surface area (Å²) in [5.74, 6) is -0.624. The van der Waals surface area contributed by atoms with E-state index >= 15 is 0 Å². The zero-order valence-corrected chi connectivity index (χ0v) is 10.8. The van der Waals surface area contributed by atoms with Crippen LogP contribution in [0.3, 0.4) is 0 Å². The summed E-state index contributed by atoms with van der Waals surface area (Å²) in [6, 6.07) is 5.36. The lowest BCUT2D eigenvalue weighted by molar-refractivity contribution is -0.141. The van der Waals surface area contributed by atoms with Crippen molar-refractivity contribution < 1.29 is 19.4 Å². The van der Waals surface area contributed by atoms with Crippen molar-refractivity contribution in [2.45, 2.75) is 19.8 Å². The summed E-state index contributed by atoms with van der Waals surface area (Å²) in [4.78, 5) is 22.5. The Morgan fingerprint density at radius 1 is 1.47 bits per heavy atom. The summed E-state index contributed by atoms with van der Waals surface area (Å²) in [7, 11) is 0. The summed E-state index contributed by atoms with van der Waals surface area (Å²) >= 11 is 0. The molecular weight excluding hydrogens is 246 g/mol. The van der Waals surface area contributed by atoms with E-state index in [0.717, 1.165) is 17.7 Å². The lowest BCUT2D eigenvalue weighted by Crippen LogP contribution is -2.27. The van der Waals surface area contributed by atoms with E-state index in [1.165, 1.54) is 0 Å². The van der Waals surface area contributed by atoms with Gasteiger partial charge >= 0.3 is 5.97 Å². The average Bonchev–Trinajstić information content (AvgIpc) is 2.85. The van der Waals surface area contributed by atoms with Crippen molar-refractivity contribution in [2.75, 3.05) is 13.2 Å². The molecule has 0 radical (unpaired) electrons. The first-order valence-electron chi connectivity index (χ1n) is 6.34. The third kappa shape index (κ3) is 3.24. The Morgan fingerprint density at radius 2 is 2.26 bits per heavy atom. The van der Waals surface area contributed by atoms with Gasteiger partial charge < -0.3 is 15.2 Å². The van der Waals surface area contributed by atoms with Crippen LogP contribution >= 0.6 is 0 Å². The number of nitrogens with one attached hydrogen (secondary N) is 1. The van der Waals surface area contributed by atoms with Crippen molar-refractivity contribution in [1.29, 1.82) is 0 Å². The molecule has 1 aromatic rings. The maximum atomic E-state index is 11.9. The van der Waals surface area contributed by atoms with E-state index in [-0.39, 0.29) is 5.91 Å². The number of benzene rings is 1. The number of carboxylic acids is 1. The minimum absolute atomic E-state index is 0.174. The molecule has 1 aliphatic heterocycles. The Bertz CT molecular complexity index is 498. The normalized spacial score (nSPS) is 14.4. The third-order valence-corrected chi connectivity index (χ3v) is 3.24. The predicted molar refractivity (Wildman–Crippen MR) is 69.4 cm³/mol. The van der Waals surface area contributed by atoms with Crippen LogP contribution in [0, 0.1) is 5.92 Å². The lowest BCUT2D eigenvalue weighted by Gasteiger charge is -2.08. The summed E-state index contributed by atoms with van der Waals surface area (Å²) in [5, 5.41) is 11.5. The molecule has 0 aliphatic carbocycles. The topological polar surface area (TPSA) is 75.6 Å². The highest BCUT2D eigenvalue weighted by atomic mass is 16.5. The number of aliphatic carboxylic acids is 1. The molecule has 0 saturated carbocycles. The number of rotatable bonds is 5. The number of carbonyl (C=O) groups excluding carboxylic acids is 1. The van der Waals surface area contributed by atoms with Crippen molar-refractivity contribution in [3.63, 3.8) is 0 Å². The summed E-state index contributed by atoms with van der Waals surface area (Å²) < 4.78 is 5.38. The first kappa shape index (κ1) is 13.4. The van der Waals surface area contributed by atoms with Crippen LogP contribution in [0.15, 0.2) is 18.2 Å². The van der Waals surface area contributed by atoms with Crippen molar-refractivity contribution in [3.8, 4) is 5.75 Å². The molecule has 2 rings (SSSR count). The van der Waals surface area contributed by atoms with E-state index in [1.54, 1.807) is 19.1 Å². The molecule has 102 valence electrons. The van der Waals surface area contributed by atoms with Crippen LogP contribution in [0.2, 0.25) is 0 Å². The molecule has 2 N–H and O–H groups in total.